The van der Waals surface area contributed by atoms with Gasteiger partial charge in [0.2, 0.25) is 0 Å². The Bertz CT molecular complexity index is 446. The second-order valence-electron chi connectivity index (χ2n) is 5.98. The lowest BCUT2D eigenvalue weighted by molar-refractivity contribution is 0.397. The van der Waals surface area contributed by atoms with Gasteiger partial charge in [-0.15, -0.1) is 0 Å². The first-order valence-corrected chi connectivity index (χ1v) is 7.89. The summed E-state index contributed by atoms with van der Waals surface area (Å²) in [4.78, 5) is 11.9. The maximum Gasteiger partial charge on any atom is 0.342 e. The highest BCUT2D eigenvalue weighted by atomic mass is 16.4. The molecule has 0 bridgehead atoms. The van der Waals surface area contributed by atoms with Gasteiger partial charge in [0.15, 0.2) is 0 Å². The quantitative estimate of drug-likeness (QED) is 0.680. The fraction of sp³-hybridized carbons (Fsp3) is 0.706. The largest absolute Gasteiger partial charge is 0.507 e. The van der Waals surface area contributed by atoms with Crippen molar-refractivity contribution in [3.8, 4) is 5.75 Å². The highest BCUT2D eigenvalue weighted by Crippen LogP contribution is 2.19. The van der Waals surface area contributed by atoms with Crippen molar-refractivity contribution in [2.45, 2.75) is 72.1 Å². The molecule has 20 heavy (non-hydrogen) atoms. The van der Waals surface area contributed by atoms with Crippen molar-refractivity contribution in [1.82, 2.24) is 0 Å². The normalized spacial score (nSPS) is 11.2. The molecular formula is C17H28O3. The molecule has 114 valence electrons. The lowest BCUT2D eigenvalue weighted by Gasteiger charge is -2.07. The zero-order valence-corrected chi connectivity index (χ0v) is 13.1. The molecule has 0 atom stereocenters. The Hall–Kier alpha value is -1.25. The van der Waals surface area contributed by atoms with Gasteiger partial charge in [0.1, 0.15) is 11.5 Å². The smallest absolute Gasteiger partial charge is 0.342 e. The Balaban J connectivity index is 2.52. The molecule has 0 aliphatic carbocycles. The number of rotatable bonds is 9. The third-order valence-corrected chi connectivity index (χ3v) is 3.47. The average molecular weight is 280 g/mol. The molecule has 0 unspecified atom stereocenters. The first-order valence-electron chi connectivity index (χ1n) is 7.89. The summed E-state index contributed by atoms with van der Waals surface area (Å²) in [7, 11) is 0. The lowest BCUT2D eigenvalue weighted by atomic mass is 10.0. The lowest BCUT2D eigenvalue weighted by Crippen LogP contribution is -2.10. The Kier molecular flexibility index (Phi) is 7.42. The molecule has 0 saturated heterocycles. The second kappa shape index (κ2) is 8.83. The van der Waals surface area contributed by atoms with Gasteiger partial charge in [-0.3, -0.25) is 0 Å². The van der Waals surface area contributed by atoms with Crippen molar-refractivity contribution in [1.29, 1.82) is 0 Å². The number of aromatic hydroxyl groups is 1. The summed E-state index contributed by atoms with van der Waals surface area (Å²) in [5.41, 5.74) is 0.0715. The molecule has 1 heterocycles. The summed E-state index contributed by atoms with van der Waals surface area (Å²) in [6, 6.07) is 1.60. The second-order valence-corrected chi connectivity index (χ2v) is 5.98. The van der Waals surface area contributed by atoms with Gasteiger partial charge in [-0.1, -0.05) is 52.9 Å². The van der Waals surface area contributed by atoms with Gasteiger partial charge >= 0.3 is 5.63 Å². The van der Waals surface area contributed by atoms with Crippen LogP contribution in [0.1, 0.15) is 70.6 Å². The van der Waals surface area contributed by atoms with Gasteiger partial charge in [-0.05, 0) is 18.8 Å². The predicted octanol–water partition coefficient (Wildman–Crippen LogP) is 4.45. The minimum Gasteiger partial charge on any atom is -0.507 e. The predicted molar refractivity (Wildman–Crippen MR) is 82.3 cm³/mol. The van der Waals surface area contributed by atoms with Crippen LogP contribution < -0.4 is 5.63 Å². The molecule has 1 N–H and O–H groups in total. The molecule has 3 heteroatoms. The van der Waals surface area contributed by atoms with Crippen molar-refractivity contribution in [3.05, 3.63) is 27.8 Å². The Morgan fingerprint density at radius 2 is 1.80 bits per heavy atom. The maximum absolute atomic E-state index is 11.9. The van der Waals surface area contributed by atoms with E-state index in [0.717, 1.165) is 12.8 Å². The topological polar surface area (TPSA) is 50.4 Å². The third-order valence-electron chi connectivity index (χ3n) is 3.47. The maximum atomic E-state index is 11.9. The van der Waals surface area contributed by atoms with Gasteiger partial charge in [0.25, 0.3) is 0 Å². The van der Waals surface area contributed by atoms with Crippen LogP contribution in [0, 0.1) is 5.92 Å². The van der Waals surface area contributed by atoms with Crippen LogP contribution in [-0.4, -0.2) is 5.11 Å². The molecule has 0 fully saturated rings. The van der Waals surface area contributed by atoms with Crippen LogP contribution in [0.3, 0.4) is 0 Å². The van der Waals surface area contributed by atoms with Crippen LogP contribution in [0.15, 0.2) is 15.3 Å². The molecular weight excluding hydrogens is 252 g/mol. The van der Waals surface area contributed by atoms with Gasteiger partial charge < -0.3 is 9.52 Å². The molecule has 0 aromatic carbocycles. The van der Waals surface area contributed by atoms with Crippen LogP contribution in [-0.2, 0) is 12.8 Å². The Morgan fingerprint density at radius 1 is 1.15 bits per heavy atom. The van der Waals surface area contributed by atoms with Crippen molar-refractivity contribution in [2.75, 3.05) is 0 Å². The summed E-state index contributed by atoms with van der Waals surface area (Å²) < 4.78 is 5.28. The van der Waals surface area contributed by atoms with Crippen molar-refractivity contribution >= 4 is 0 Å². The zero-order chi connectivity index (χ0) is 15.0. The van der Waals surface area contributed by atoms with E-state index in [1.807, 2.05) is 0 Å². The molecule has 0 aliphatic rings. The van der Waals surface area contributed by atoms with Crippen molar-refractivity contribution in [3.63, 3.8) is 0 Å². The molecule has 3 nitrogen and oxygen atoms in total. The van der Waals surface area contributed by atoms with E-state index < -0.39 is 0 Å². The fourth-order valence-electron chi connectivity index (χ4n) is 2.37. The van der Waals surface area contributed by atoms with Gasteiger partial charge in [0.05, 0.1) is 5.56 Å². The Labute approximate surface area is 122 Å². The molecule has 1 aromatic rings. The summed E-state index contributed by atoms with van der Waals surface area (Å²) >= 11 is 0. The molecule has 0 saturated carbocycles. The van der Waals surface area contributed by atoms with E-state index in [0.29, 0.717) is 30.1 Å². The molecule has 1 aromatic heterocycles. The monoisotopic (exact) mass is 280 g/mol. The van der Waals surface area contributed by atoms with E-state index in [2.05, 4.69) is 20.8 Å². The summed E-state index contributed by atoms with van der Waals surface area (Å²) in [5.74, 6) is 1.08. The zero-order valence-electron chi connectivity index (χ0n) is 13.1. The van der Waals surface area contributed by atoms with E-state index in [9.17, 15) is 9.90 Å². The van der Waals surface area contributed by atoms with E-state index in [1.165, 1.54) is 25.7 Å². The summed E-state index contributed by atoms with van der Waals surface area (Å²) in [6.45, 7) is 6.31. The third kappa shape index (κ3) is 5.81. The number of unbranched alkanes of at least 4 members (excludes halogenated alkanes) is 5. The van der Waals surface area contributed by atoms with Crippen LogP contribution in [0.2, 0.25) is 0 Å². The standard InChI is InChI=1S/C17H28O3/c1-4-5-6-7-8-9-10-15-16(18)12-14(11-13(2)3)20-17(15)19/h12-13,18H,4-11H2,1-3H3. The molecule has 0 spiro atoms. The minimum absolute atomic E-state index is 0.102. The van der Waals surface area contributed by atoms with Gasteiger partial charge in [0, 0.05) is 12.5 Å². The van der Waals surface area contributed by atoms with Crippen LogP contribution >= 0.6 is 0 Å². The van der Waals surface area contributed by atoms with E-state index in [1.54, 1.807) is 6.07 Å². The van der Waals surface area contributed by atoms with Gasteiger partial charge in [-0.25, -0.2) is 4.79 Å². The highest BCUT2D eigenvalue weighted by Gasteiger charge is 2.11. The first kappa shape index (κ1) is 16.8. The minimum atomic E-state index is -0.366. The Morgan fingerprint density at radius 3 is 2.40 bits per heavy atom. The van der Waals surface area contributed by atoms with Crippen LogP contribution in [0.25, 0.3) is 0 Å². The molecule has 0 aliphatic heterocycles. The highest BCUT2D eigenvalue weighted by molar-refractivity contribution is 5.30. The van der Waals surface area contributed by atoms with Crippen LogP contribution in [0.5, 0.6) is 5.75 Å². The number of hydrogen-bond donors (Lipinski definition) is 1. The SMILES string of the molecule is CCCCCCCCc1c(O)cc(CC(C)C)oc1=O. The van der Waals surface area contributed by atoms with E-state index in [-0.39, 0.29) is 11.4 Å². The summed E-state index contributed by atoms with van der Waals surface area (Å²) in [6.07, 6.45) is 8.30. The molecule has 0 amide bonds. The summed E-state index contributed by atoms with van der Waals surface area (Å²) in [5, 5.41) is 9.97. The number of hydrogen-bond acceptors (Lipinski definition) is 3. The molecule has 0 radical (unpaired) electrons. The average Bonchev–Trinajstić information content (AvgIpc) is 2.35. The molecule has 1 rings (SSSR count). The van der Waals surface area contributed by atoms with Crippen molar-refractivity contribution < 1.29 is 9.52 Å². The van der Waals surface area contributed by atoms with Crippen LogP contribution in [0.4, 0.5) is 0 Å². The fourth-order valence-corrected chi connectivity index (χ4v) is 2.37. The first-order chi connectivity index (χ1) is 9.54. The van der Waals surface area contributed by atoms with Gasteiger partial charge in [-0.2, -0.15) is 0 Å². The van der Waals surface area contributed by atoms with E-state index >= 15 is 0 Å². The van der Waals surface area contributed by atoms with E-state index in [4.69, 9.17) is 4.42 Å². The van der Waals surface area contributed by atoms with Crippen molar-refractivity contribution in [2.24, 2.45) is 5.92 Å².